The number of nitrogens with zero attached hydrogens (tertiary/aromatic N) is 1. The maximum Gasteiger partial charge on any atom is 0.245 e. The van der Waals surface area contributed by atoms with Crippen molar-refractivity contribution in [2.75, 3.05) is 13.1 Å². The maximum absolute atomic E-state index is 12.6. The second-order valence-corrected chi connectivity index (χ2v) is 8.20. The van der Waals surface area contributed by atoms with Crippen molar-refractivity contribution in [3.8, 4) is 12.3 Å². The highest BCUT2D eigenvalue weighted by Crippen LogP contribution is 2.33. The number of sulfonamides is 1. The van der Waals surface area contributed by atoms with Gasteiger partial charge in [0.2, 0.25) is 10.0 Å². The molecule has 0 atom stereocenters. The summed E-state index contributed by atoms with van der Waals surface area (Å²) >= 11 is 6.59. The molecule has 6 heteroatoms. The minimum absolute atomic E-state index is 0.109. The van der Waals surface area contributed by atoms with E-state index in [0.717, 1.165) is 17.3 Å². The van der Waals surface area contributed by atoms with Crippen molar-refractivity contribution in [2.45, 2.75) is 17.7 Å². The van der Waals surface area contributed by atoms with Crippen LogP contribution in [0.5, 0.6) is 0 Å². The second kappa shape index (κ2) is 5.96. The molecule has 1 aromatic rings. The monoisotopic (exact) mass is 405 g/mol. The predicted octanol–water partition coefficient (Wildman–Crippen LogP) is 3.25. The van der Waals surface area contributed by atoms with Gasteiger partial charge in [0.1, 0.15) is 0 Å². The van der Waals surface area contributed by atoms with Gasteiger partial charge >= 0.3 is 0 Å². The summed E-state index contributed by atoms with van der Waals surface area (Å²) < 4.78 is 27.9. The van der Waals surface area contributed by atoms with Crippen LogP contribution in [0.25, 0.3) is 0 Å². The van der Waals surface area contributed by atoms with Crippen LogP contribution in [0, 0.1) is 18.3 Å². The van der Waals surface area contributed by atoms with E-state index in [-0.39, 0.29) is 11.4 Å². The quantitative estimate of drug-likeness (QED) is 0.704. The van der Waals surface area contributed by atoms with Crippen LogP contribution in [0.4, 0.5) is 0 Å². The van der Waals surface area contributed by atoms with E-state index >= 15 is 0 Å². The van der Waals surface area contributed by atoms with Crippen LogP contribution < -0.4 is 0 Å². The van der Waals surface area contributed by atoms with E-state index in [4.69, 9.17) is 6.42 Å². The van der Waals surface area contributed by atoms with Gasteiger partial charge in [-0.3, -0.25) is 0 Å². The molecule has 0 spiro atoms. The Morgan fingerprint density at radius 1 is 1.37 bits per heavy atom. The van der Waals surface area contributed by atoms with Crippen LogP contribution in [-0.4, -0.2) is 25.8 Å². The average Bonchev–Trinajstić information content (AvgIpc) is 3.15. The van der Waals surface area contributed by atoms with Crippen molar-refractivity contribution in [3.05, 3.63) is 27.1 Å². The average molecular weight is 407 g/mol. The number of halogens is 2. The van der Waals surface area contributed by atoms with E-state index in [1.807, 2.05) is 0 Å². The van der Waals surface area contributed by atoms with Crippen molar-refractivity contribution in [2.24, 2.45) is 5.92 Å². The fourth-order valence-electron chi connectivity index (χ4n) is 1.75. The second-order valence-electron chi connectivity index (χ2n) is 4.52. The van der Waals surface area contributed by atoms with Gasteiger partial charge in [-0.05, 0) is 52.9 Å². The number of hydrogen-bond acceptors (Lipinski definition) is 2. The Hall–Kier alpha value is -0.350. The Morgan fingerprint density at radius 3 is 2.63 bits per heavy atom. The zero-order valence-corrected chi connectivity index (χ0v) is 14.1. The van der Waals surface area contributed by atoms with E-state index in [1.54, 1.807) is 18.2 Å². The first kappa shape index (κ1) is 15.0. The molecule has 1 aromatic carbocycles. The summed E-state index contributed by atoms with van der Waals surface area (Å²) in [4.78, 5) is 0.248. The topological polar surface area (TPSA) is 37.4 Å². The fraction of sp³-hybridized carbons (Fsp3) is 0.385. The van der Waals surface area contributed by atoms with Crippen LogP contribution in [0.1, 0.15) is 12.8 Å². The zero-order valence-electron chi connectivity index (χ0n) is 10.1. The maximum atomic E-state index is 12.6. The molecule has 0 aliphatic heterocycles. The van der Waals surface area contributed by atoms with Gasteiger partial charge in [0, 0.05) is 15.5 Å². The van der Waals surface area contributed by atoms with Crippen molar-refractivity contribution >= 4 is 41.9 Å². The van der Waals surface area contributed by atoms with Crippen LogP contribution in [0.2, 0.25) is 0 Å². The van der Waals surface area contributed by atoms with Crippen LogP contribution in [0.3, 0.4) is 0 Å². The molecule has 0 radical (unpaired) electrons. The van der Waals surface area contributed by atoms with Gasteiger partial charge in [-0.25, -0.2) is 8.42 Å². The Morgan fingerprint density at radius 2 is 2.05 bits per heavy atom. The largest absolute Gasteiger partial charge is 0.245 e. The van der Waals surface area contributed by atoms with Crippen molar-refractivity contribution in [3.63, 3.8) is 0 Å². The van der Waals surface area contributed by atoms with Gasteiger partial charge in [0.05, 0.1) is 11.4 Å². The Bertz CT molecular complexity index is 618. The SMILES string of the molecule is C#CCN(CC1CC1)S(=O)(=O)c1cc(Br)ccc1Br. The molecule has 1 saturated carbocycles. The summed E-state index contributed by atoms with van der Waals surface area (Å²) in [6.45, 7) is 0.614. The summed E-state index contributed by atoms with van der Waals surface area (Å²) in [6, 6.07) is 5.09. The molecule has 0 N–H and O–H groups in total. The van der Waals surface area contributed by atoms with E-state index in [1.165, 1.54) is 4.31 Å². The van der Waals surface area contributed by atoms with Gasteiger partial charge in [0.15, 0.2) is 0 Å². The smallest absolute Gasteiger partial charge is 0.207 e. The number of benzene rings is 1. The third-order valence-corrected chi connectivity index (χ3v) is 6.24. The molecule has 1 aliphatic carbocycles. The fourth-order valence-corrected chi connectivity index (χ4v) is 4.64. The minimum atomic E-state index is -3.56. The van der Waals surface area contributed by atoms with Gasteiger partial charge in [0.25, 0.3) is 0 Å². The molecule has 0 heterocycles. The highest BCUT2D eigenvalue weighted by molar-refractivity contribution is 9.11. The standard InChI is InChI=1S/C13H13Br2NO2S/c1-2-7-16(9-10-3-4-10)19(17,18)13-8-11(14)5-6-12(13)15/h1,5-6,8,10H,3-4,7,9H2. The van der Waals surface area contributed by atoms with Crippen LogP contribution >= 0.6 is 31.9 Å². The summed E-state index contributed by atoms with van der Waals surface area (Å²) in [5, 5.41) is 0. The van der Waals surface area contributed by atoms with Crippen LogP contribution in [0.15, 0.2) is 32.0 Å². The van der Waals surface area contributed by atoms with Gasteiger partial charge in [-0.1, -0.05) is 21.9 Å². The molecule has 102 valence electrons. The molecular formula is C13H13Br2NO2S. The lowest BCUT2D eigenvalue weighted by Gasteiger charge is -2.20. The van der Waals surface area contributed by atoms with Crippen molar-refractivity contribution < 1.29 is 8.42 Å². The zero-order chi connectivity index (χ0) is 14.0. The molecule has 0 unspecified atom stereocenters. The molecule has 19 heavy (non-hydrogen) atoms. The summed E-state index contributed by atoms with van der Waals surface area (Å²) in [5.74, 6) is 2.88. The lowest BCUT2D eigenvalue weighted by atomic mass is 10.4. The third-order valence-electron chi connectivity index (χ3n) is 2.94. The highest BCUT2D eigenvalue weighted by Gasteiger charge is 2.32. The lowest BCUT2D eigenvalue weighted by molar-refractivity contribution is 0.430. The van der Waals surface area contributed by atoms with Crippen LogP contribution in [-0.2, 0) is 10.0 Å². The minimum Gasteiger partial charge on any atom is -0.207 e. The van der Waals surface area contributed by atoms with Gasteiger partial charge in [-0.2, -0.15) is 4.31 Å². The lowest BCUT2D eigenvalue weighted by Crippen LogP contribution is -2.33. The number of rotatable bonds is 5. The Kier molecular flexibility index (Phi) is 4.72. The van der Waals surface area contributed by atoms with Gasteiger partial charge < -0.3 is 0 Å². The summed E-state index contributed by atoms with van der Waals surface area (Å²) in [5.41, 5.74) is 0. The van der Waals surface area contributed by atoms with Crippen molar-refractivity contribution in [1.82, 2.24) is 4.31 Å². The van der Waals surface area contributed by atoms with Gasteiger partial charge in [-0.15, -0.1) is 6.42 Å². The summed E-state index contributed by atoms with van der Waals surface area (Å²) in [7, 11) is -3.56. The molecule has 0 bridgehead atoms. The molecule has 0 saturated heterocycles. The molecule has 1 aliphatic rings. The predicted molar refractivity (Wildman–Crippen MR) is 82.2 cm³/mol. The number of terminal acetylenes is 1. The molecule has 3 nitrogen and oxygen atoms in total. The molecule has 0 amide bonds. The van der Waals surface area contributed by atoms with Crippen molar-refractivity contribution in [1.29, 1.82) is 0 Å². The van der Waals surface area contributed by atoms with E-state index < -0.39 is 10.0 Å². The third kappa shape index (κ3) is 3.60. The van der Waals surface area contributed by atoms with E-state index in [9.17, 15) is 8.42 Å². The first-order chi connectivity index (χ1) is 8.95. The molecule has 1 fully saturated rings. The Labute approximate surface area is 130 Å². The highest BCUT2D eigenvalue weighted by atomic mass is 79.9. The molecular weight excluding hydrogens is 394 g/mol. The van der Waals surface area contributed by atoms with E-state index in [0.29, 0.717) is 16.9 Å². The first-order valence-electron chi connectivity index (χ1n) is 5.84. The normalized spacial score (nSPS) is 15.5. The number of hydrogen-bond donors (Lipinski definition) is 0. The molecule has 2 rings (SSSR count). The summed E-state index contributed by atoms with van der Waals surface area (Å²) in [6.07, 6.45) is 7.45. The Balaban J connectivity index is 2.37. The van der Waals surface area contributed by atoms with E-state index in [2.05, 4.69) is 37.8 Å². The molecule has 0 aromatic heterocycles. The first-order valence-corrected chi connectivity index (χ1v) is 8.86.